The van der Waals surface area contributed by atoms with E-state index in [0.29, 0.717) is 17.9 Å². The number of benzene rings is 3. The van der Waals surface area contributed by atoms with Crippen LogP contribution in [0.3, 0.4) is 0 Å². The number of hydrogen-bond donors (Lipinski definition) is 2. The average Bonchev–Trinajstić information content (AvgIpc) is 3.68. The fourth-order valence-corrected chi connectivity index (χ4v) is 5.62. The number of anilines is 1. The number of fused-ring (bicyclic) bond motifs is 1. The lowest BCUT2D eigenvalue weighted by molar-refractivity contribution is -0.141. The molecule has 0 bridgehead atoms. The summed E-state index contributed by atoms with van der Waals surface area (Å²) in [5.41, 5.74) is 1.84. The molecule has 4 atom stereocenters. The second-order valence-corrected chi connectivity index (χ2v) is 13.0. The summed E-state index contributed by atoms with van der Waals surface area (Å²) in [5.74, 6) is 0.340. The molecular formula is C34H43N3O4S. The van der Waals surface area contributed by atoms with Crippen molar-refractivity contribution >= 4 is 46.1 Å². The molecule has 8 heteroatoms. The summed E-state index contributed by atoms with van der Waals surface area (Å²) in [6.45, 7) is 9.53. The van der Waals surface area contributed by atoms with E-state index in [1.165, 1.54) is 0 Å². The Kier molecular flexibility index (Phi) is 10.2. The van der Waals surface area contributed by atoms with E-state index in [0.717, 1.165) is 34.7 Å². The van der Waals surface area contributed by atoms with Gasteiger partial charge in [-0.1, -0.05) is 68.4 Å². The number of ether oxygens (including phenoxy) is 1. The monoisotopic (exact) mass is 589 g/mol. The highest BCUT2D eigenvalue weighted by molar-refractivity contribution is 7.98. The maximum atomic E-state index is 14.4. The van der Waals surface area contributed by atoms with E-state index in [2.05, 4.69) is 24.5 Å². The zero-order valence-corrected chi connectivity index (χ0v) is 26.3. The third-order valence-corrected chi connectivity index (χ3v) is 8.17. The van der Waals surface area contributed by atoms with Crippen molar-refractivity contribution in [3.63, 3.8) is 0 Å². The quantitative estimate of drug-likeness (QED) is 0.252. The SMILES string of the molecule is CCc1ccc(C(C(=O)Nc2ccc3ccccc3c2)N(C(=O)C(CCSC)NC(=O)OC(C)(C)C)C2CC2C)cc1. The van der Waals surface area contributed by atoms with E-state index in [4.69, 9.17) is 4.74 Å². The van der Waals surface area contributed by atoms with Gasteiger partial charge in [0, 0.05) is 11.7 Å². The second-order valence-electron chi connectivity index (χ2n) is 12.1. The highest BCUT2D eigenvalue weighted by Gasteiger charge is 2.48. The predicted molar refractivity (Wildman–Crippen MR) is 172 cm³/mol. The van der Waals surface area contributed by atoms with Crippen LogP contribution in [0.15, 0.2) is 66.7 Å². The fraction of sp³-hybridized carbons (Fsp3) is 0.441. The van der Waals surface area contributed by atoms with Gasteiger partial charge in [0.2, 0.25) is 5.91 Å². The van der Waals surface area contributed by atoms with Crippen molar-refractivity contribution < 1.29 is 19.1 Å². The van der Waals surface area contributed by atoms with Crippen LogP contribution in [-0.2, 0) is 20.7 Å². The van der Waals surface area contributed by atoms with E-state index >= 15 is 0 Å². The summed E-state index contributed by atoms with van der Waals surface area (Å²) in [7, 11) is 0. The van der Waals surface area contributed by atoms with Crippen LogP contribution in [0.2, 0.25) is 0 Å². The first-order valence-corrected chi connectivity index (χ1v) is 16.1. The molecule has 2 N–H and O–H groups in total. The Hall–Kier alpha value is -3.52. The van der Waals surface area contributed by atoms with Gasteiger partial charge in [-0.2, -0.15) is 11.8 Å². The third kappa shape index (κ3) is 8.06. The maximum absolute atomic E-state index is 14.4. The minimum absolute atomic E-state index is 0.118. The van der Waals surface area contributed by atoms with Crippen LogP contribution in [0.4, 0.5) is 10.5 Å². The topological polar surface area (TPSA) is 87.7 Å². The highest BCUT2D eigenvalue weighted by Crippen LogP contribution is 2.41. The smallest absolute Gasteiger partial charge is 0.408 e. The van der Waals surface area contributed by atoms with Crippen LogP contribution >= 0.6 is 11.8 Å². The lowest BCUT2D eigenvalue weighted by Gasteiger charge is -2.35. The summed E-state index contributed by atoms with van der Waals surface area (Å²) in [4.78, 5) is 43.2. The Labute approximate surface area is 253 Å². The summed E-state index contributed by atoms with van der Waals surface area (Å²) < 4.78 is 5.50. The molecule has 4 rings (SSSR count). The normalized spacial score (nSPS) is 17.7. The molecule has 3 aromatic rings. The molecule has 3 amide bonds. The molecule has 1 saturated carbocycles. The number of thioether (sulfide) groups is 1. The predicted octanol–water partition coefficient (Wildman–Crippen LogP) is 6.97. The number of nitrogens with zero attached hydrogens (tertiary/aromatic N) is 1. The number of carbonyl (C=O) groups is 3. The van der Waals surface area contributed by atoms with Crippen LogP contribution in [-0.4, -0.2) is 52.5 Å². The minimum atomic E-state index is -0.873. The first kappa shape index (κ1) is 31.4. The number of nitrogens with one attached hydrogen (secondary N) is 2. The standard InChI is InChI=1S/C34H43N3O4S/c1-7-23-12-14-25(15-13-23)30(31(38)35-27-17-16-24-10-8-9-11-26(24)21-27)37(29-20-22(29)2)32(39)28(18-19-42-6)36-33(40)41-34(3,4)5/h8-17,21-22,28-30H,7,18-20H2,1-6H3,(H,35,38)(H,36,40). The van der Waals surface area contributed by atoms with Crippen LogP contribution in [0.5, 0.6) is 0 Å². The first-order valence-electron chi connectivity index (χ1n) is 14.7. The van der Waals surface area contributed by atoms with Crippen LogP contribution < -0.4 is 10.6 Å². The minimum Gasteiger partial charge on any atom is -0.444 e. The van der Waals surface area contributed by atoms with E-state index in [9.17, 15) is 14.4 Å². The largest absolute Gasteiger partial charge is 0.444 e. The molecule has 0 spiro atoms. The lowest BCUT2D eigenvalue weighted by Crippen LogP contribution is -2.53. The Morgan fingerprint density at radius 2 is 1.69 bits per heavy atom. The van der Waals surface area contributed by atoms with E-state index < -0.39 is 23.8 Å². The molecule has 1 fully saturated rings. The summed E-state index contributed by atoms with van der Waals surface area (Å²) in [6.07, 6.45) is 3.40. The molecule has 42 heavy (non-hydrogen) atoms. The maximum Gasteiger partial charge on any atom is 0.408 e. The zero-order valence-electron chi connectivity index (χ0n) is 25.5. The van der Waals surface area contributed by atoms with Crippen molar-refractivity contribution in [2.45, 2.75) is 77.6 Å². The van der Waals surface area contributed by atoms with Crippen LogP contribution in [0.1, 0.15) is 64.6 Å². The van der Waals surface area contributed by atoms with Crippen molar-refractivity contribution in [3.05, 3.63) is 77.9 Å². The molecule has 224 valence electrons. The summed E-state index contributed by atoms with van der Waals surface area (Å²) in [5, 5.41) is 8.02. The van der Waals surface area contributed by atoms with Gasteiger partial charge in [-0.05, 0) is 92.0 Å². The van der Waals surface area contributed by atoms with Gasteiger partial charge in [0.15, 0.2) is 0 Å². The average molecular weight is 590 g/mol. The lowest BCUT2D eigenvalue weighted by atomic mass is 9.99. The molecule has 0 aliphatic heterocycles. The number of carbonyl (C=O) groups excluding carboxylic acids is 3. The Morgan fingerprint density at radius 3 is 2.29 bits per heavy atom. The third-order valence-electron chi connectivity index (χ3n) is 7.53. The molecule has 7 nitrogen and oxygen atoms in total. The molecule has 0 saturated heterocycles. The molecule has 3 aromatic carbocycles. The molecule has 0 aromatic heterocycles. The zero-order chi connectivity index (χ0) is 30.4. The van der Waals surface area contributed by atoms with Crippen molar-refractivity contribution in [1.82, 2.24) is 10.2 Å². The van der Waals surface area contributed by atoms with Gasteiger partial charge in [-0.3, -0.25) is 9.59 Å². The van der Waals surface area contributed by atoms with Gasteiger partial charge in [0.25, 0.3) is 5.91 Å². The molecular weight excluding hydrogens is 546 g/mol. The molecule has 0 radical (unpaired) electrons. The number of hydrogen-bond acceptors (Lipinski definition) is 5. The second kappa shape index (κ2) is 13.6. The molecule has 0 heterocycles. The van der Waals surface area contributed by atoms with Gasteiger partial charge in [0.05, 0.1) is 0 Å². The van der Waals surface area contributed by atoms with E-state index in [1.54, 1.807) is 37.4 Å². The van der Waals surface area contributed by atoms with E-state index in [1.807, 2.05) is 73.0 Å². The van der Waals surface area contributed by atoms with Gasteiger partial charge in [0.1, 0.15) is 17.7 Å². The van der Waals surface area contributed by atoms with Crippen molar-refractivity contribution in [3.8, 4) is 0 Å². The molecule has 4 unspecified atom stereocenters. The van der Waals surface area contributed by atoms with Crippen LogP contribution in [0.25, 0.3) is 10.8 Å². The first-order chi connectivity index (χ1) is 20.0. The van der Waals surface area contributed by atoms with E-state index in [-0.39, 0.29) is 23.8 Å². The highest BCUT2D eigenvalue weighted by atomic mass is 32.2. The number of amides is 3. The van der Waals surface area contributed by atoms with Gasteiger partial charge >= 0.3 is 6.09 Å². The van der Waals surface area contributed by atoms with Gasteiger partial charge in [-0.25, -0.2) is 4.79 Å². The van der Waals surface area contributed by atoms with Crippen molar-refractivity contribution in [1.29, 1.82) is 0 Å². The van der Waals surface area contributed by atoms with Crippen molar-refractivity contribution in [2.24, 2.45) is 5.92 Å². The number of aryl methyl sites for hydroxylation is 1. The molecule has 1 aliphatic rings. The summed E-state index contributed by atoms with van der Waals surface area (Å²) >= 11 is 1.60. The van der Waals surface area contributed by atoms with Crippen molar-refractivity contribution in [2.75, 3.05) is 17.3 Å². The van der Waals surface area contributed by atoms with Crippen LogP contribution in [0, 0.1) is 5.92 Å². The fourth-order valence-electron chi connectivity index (χ4n) is 5.15. The number of rotatable bonds is 11. The van der Waals surface area contributed by atoms with Gasteiger partial charge < -0.3 is 20.3 Å². The number of alkyl carbamates (subject to hydrolysis) is 1. The Morgan fingerprint density at radius 1 is 1.02 bits per heavy atom. The summed E-state index contributed by atoms with van der Waals surface area (Å²) in [6, 6.07) is 19.9. The molecule has 1 aliphatic carbocycles. The Bertz CT molecular complexity index is 1400. The van der Waals surface area contributed by atoms with Gasteiger partial charge in [-0.15, -0.1) is 0 Å². The Balaban J connectivity index is 1.71.